The highest BCUT2D eigenvalue weighted by molar-refractivity contribution is 6.07. The van der Waals surface area contributed by atoms with Gasteiger partial charge in [-0.2, -0.15) is 13.2 Å². The number of hydrogen-bond acceptors (Lipinski definition) is 2. The number of rotatable bonds is 2. The third kappa shape index (κ3) is 3.92. The molecule has 25 heavy (non-hydrogen) atoms. The normalized spacial score (nSPS) is 15.5. The number of benzene rings is 2. The zero-order valence-electron chi connectivity index (χ0n) is 13.4. The lowest BCUT2D eigenvalue weighted by molar-refractivity contribution is -0.162. The molecule has 3 rings (SSSR count). The second-order valence-corrected chi connectivity index (χ2v) is 5.99. The summed E-state index contributed by atoms with van der Waals surface area (Å²) in [6.07, 6.45) is -5.96. The molecular formula is C18H17F3N2O2. The van der Waals surface area contributed by atoms with Crippen molar-refractivity contribution in [2.75, 3.05) is 26.2 Å². The Hall–Kier alpha value is -2.57. The van der Waals surface area contributed by atoms with E-state index in [9.17, 15) is 22.8 Å². The molecule has 0 radical (unpaired) electrons. The van der Waals surface area contributed by atoms with E-state index in [1.165, 1.54) is 4.90 Å². The van der Waals surface area contributed by atoms with Gasteiger partial charge in [0, 0.05) is 31.7 Å². The predicted molar refractivity (Wildman–Crippen MR) is 87.1 cm³/mol. The minimum absolute atomic E-state index is 0.116. The number of carbonyl (C=O) groups is 2. The van der Waals surface area contributed by atoms with E-state index in [4.69, 9.17) is 0 Å². The SMILES string of the molecule is O=C(CC(F)(F)F)N1CCN(C(=O)c2cccc3ccccc23)CC1. The number of halogens is 3. The van der Waals surface area contributed by atoms with Crippen LogP contribution in [0.3, 0.4) is 0 Å². The Morgan fingerprint density at radius 3 is 2.16 bits per heavy atom. The Morgan fingerprint density at radius 1 is 0.880 bits per heavy atom. The number of nitrogens with zero attached hydrogens (tertiary/aromatic N) is 2. The molecule has 132 valence electrons. The lowest BCUT2D eigenvalue weighted by Gasteiger charge is -2.35. The van der Waals surface area contributed by atoms with E-state index in [1.807, 2.05) is 30.3 Å². The van der Waals surface area contributed by atoms with E-state index in [-0.39, 0.29) is 32.1 Å². The van der Waals surface area contributed by atoms with E-state index >= 15 is 0 Å². The lowest BCUT2D eigenvalue weighted by atomic mass is 10.0. The Balaban J connectivity index is 1.68. The fourth-order valence-corrected chi connectivity index (χ4v) is 3.02. The molecule has 2 amide bonds. The van der Waals surface area contributed by atoms with Crippen LogP contribution in [0.4, 0.5) is 13.2 Å². The van der Waals surface area contributed by atoms with Gasteiger partial charge in [0.05, 0.1) is 0 Å². The molecule has 7 heteroatoms. The summed E-state index contributed by atoms with van der Waals surface area (Å²) in [5, 5.41) is 1.79. The minimum Gasteiger partial charge on any atom is -0.339 e. The molecule has 1 saturated heterocycles. The summed E-state index contributed by atoms with van der Waals surface area (Å²) in [6.45, 7) is 0.689. The molecule has 1 heterocycles. The van der Waals surface area contributed by atoms with Crippen LogP contribution in [0.25, 0.3) is 10.8 Å². The largest absolute Gasteiger partial charge is 0.397 e. The molecule has 2 aromatic rings. The molecule has 0 N–H and O–H groups in total. The summed E-state index contributed by atoms with van der Waals surface area (Å²) in [7, 11) is 0. The molecule has 0 saturated carbocycles. The smallest absolute Gasteiger partial charge is 0.339 e. The van der Waals surface area contributed by atoms with Crippen molar-refractivity contribution in [1.82, 2.24) is 9.80 Å². The van der Waals surface area contributed by atoms with E-state index in [0.29, 0.717) is 5.56 Å². The standard InChI is InChI=1S/C18H17F3N2O2/c19-18(20,21)12-16(24)22-8-10-23(11-9-22)17(25)15-7-3-5-13-4-1-2-6-14(13)15/h1-7H,8-12H2. The van der Waals surface area contributed by atoms with Crippen LogP contribution >= 0.6 is 0 Å². The van der Waals surface area contributed by atoms with Crippen LogP contribution in [0, 0.1) is 0 Å². The second-order valence-electron chi connectivity index (χ2n) is 5.99. The molecule has 0 aliphatic carbocycles. The highest BCUT2D eigenvalue weighted by Gasteiger charge is 2.35. The highest BCUT2D eigenvalue weighted by atomic mass is 19.4. The first-order valence-corrected chi connectivity index (χ1v) is 7.97. The minimum atomic E-state index is -4.51. The van der Waals surface area contributed by atoms with Crippen molar-refractivity contribution in [3.05, 3.63) is 48.0 Å². The lowest BCUT2D eigenvalue weighted by Crippen LogP contribution is -2.51. The first kappa shape index (κ1) is 17.3. The van der Waals surface area contributed by atoms with Gasteiger partial charge in [0.25, 0.3) is 5.91 Å². The van der Waals surface area contributed by atoms with Gasteiger partial charge in [0.1, 0.15) is 6.42 Å². The molecule has 0 spiro atoms. The maximum atomic E-state index is 12.8. The van der Waals surface area contributed by atoms with Crippen LogP contribution in [0.2, 0.25) is 0 Å². The van der Waals surface area contributed by atoms with Crippen LogP contribution in [0.5, 0.6) is 0 Å². The van der Waals surface area contributed by atoms with Gasteiger partial charge >= 0.3 is 6.18 Å². The molecule has 4 nitrogen and oxygen atoms in total. The van der Waals surface area contributed by atoms with Crippen molar-refractivity contribution in [1.29, 1.82) is 0 Å². The number of fused-ring (bicyclic) bond motifs is 1. The van der Waals surface area contributed by atoms with Crippen LogP contribution in [0.1, 0.15) is 16.8 Å². The fraction of sp³-hybridized carbons (Fsp3) is 0.333. The van der Waals surface area contributed by atoms with Crippen molar-refractivity contribution < 1.29 is 22.8 Å². The van der Waals surface area contributed by atoms with Gasteiger partial charge < -0.3 is 9.80 Å². The van der Waals surface area contributed by atoms with Gasteiger partial charge in [-0.25, -0.2) is 0 Å². The van der Waals surface area contributed by atoms with E-state index < -0.39 is 18.5 Å². The summed E-state index contributed by atoms with van der Waals surface area (Å²) < 4.78 is 37.0. The molecule has 0 unspecified atom stereocenters. The van der Waals surface area contributed by atoms with E-state index in [0.717, 1.165) is 10.8 Å². The Morgan fingerprint density at radius 2 is 1.48 bits per heavy atom. The number of alkyl halides is 3. The summed E-state index contributed by atoms with van der Waals surface area (Å²) in [5.74, 6) is -1.11. The zero-order valence-corrected chi connectivity index (χ0v) is 13.4. The van der Waals surface area contributed by atoms with Crippen molar-refractivity contribution in [2.24, 2.45) is 0 Å². The monoisotopic (exact) mass is 350 g/mol. The topological polar surface area (TPSA) is 40.6 Å². The average Bonchev–Trinajstić information content (AvgIpc) is 2.59. The molecule has 1 aliphatic rings. The third-order valence-corrected chi connectivity index (χ3v) is 4.29. The molecular weight excluding hydrogens is 333 g/mol. The van der Waals surface area contributed by atoms with E-state index in [1.54, 1.807) is 17.0 Å². The second kappa shape index (κ2) is 6.74. The first-order chi connectivity index (χ1) is 11.8. The quantitative estimate of drug-likeness (QED) is 0.835. The van der Waals surface area contributed by atoms with Gasteiger partial charge in [-0.3, -0.25) is 9.59 Å². The van der Waals surface area contributed by atoms with Crippen molar-refractivity contribution in [2.45, 2.75) is 12.6 Å². The van der Waals surface area contributed by atoms with Gasteiger partial charge in [-0.15, -0.1) is 0 Å². The summed E-state index contributed by atoms with van der Waals surface area (Å²) in [4.78, 5) is 27.1. The van der Waals surface area contributed by atoms with Crippen LogP contribution in [0.15, 0.2) is 42.5 Å². The van der Waals surface area contributed by atoms with Gasteiger partial charge in [-0.1, -0.05) is 36.4 Å². The summed E-state index contributed by atoms with van der Waals surface area (Å²) in [6, 6.07) is 13.0. The number of amides is 2. The first-order valence-electron chi connectivity index (χ1n) is 7.97. The molecule has 1 aliphatic heterocycles. The number of hydrogen-bond donors (Lipinski definition) is 0. The fourth-order valence-electron chi connectivity index (χ4n) is 3.02. The summed E-state index contributed by atoms with van der Waals surface area (Å²) in [5.41, 5.74) is 0.563. The molecule has 0 atom stereocenters. The average molecular weight is 350 g/mol. The van der Waals surface area contributed by atoms with Gasteiger partial charge in [-0.05, 0) is 16.8 Å². The Kier molecular flexibility index (Phi) is 4.65. The van der Waals surface area contributed by atoms with Crippen LogP contribution in [-0.4, -0.2) is 54.0 Å². The molecule has 1 fully saturated rings. The van der Waals surface area contributed by atoms with Crippen LogP contribution in [-0.2, 0) is 4.79 Å². The van der Waals surface area contributed by atoms with E-state index in [2.05, 4.69) is 0 Å². The van der Waals surface area contributed by atoms with Crippen molar-refractivity contribution >= 4 is 22.6 Å². The maximum Gasteiger partial charge on any atom is 0.397 e. The highest BCUT2D eigenvalue weighted by Crippen LogP contribution is 2.23. The number of carbonyl (C=O) groups excluding carboxylic acids is 2. The number of piperazine rings is 1. The zero-order chi connectivity index (χ0) is 18.0. The molecule has 0 aromatic heterocycles. The summed E-state index contributed by atoms with van der Waals surface area (Å²) >= 11 is 0. The third-order valence-electron chi connectivity index (χ3n) is 4.29. The Bertz CT molecular complexity index is 791. The van der Waals surface area contributed by atoms with Gasteiger partial charge in [0.2, 0.25) is 5.91 Å². The van der Waals surface area contributed by atoms with Crippen molar-refractivity contribution in [3.8, 4) is 0 Å². The molecule has 2 aromatic carbocycles. The van der Waals surface area contributed by atoms with Gasteiger partial charge in [0.15, 0.2) is 0 Å². The maximum absolute atomic E-state index is 12.8. The molecule has 0 bridgehead atoms. The van der Waals surface area contributed by atoms with Crippen molar-refractivity contribution in [3.63, 3.8) is 0 Å². The van der Waals surface area contributed by atoms with Crippen LogP contribution < -0.4 is 0 Å². The Labute approximate surface area is 142 Å². The predicted octanol–water partition coefficient (Wildman–Crippen LogP) is 3.08.